The standard InChI is InChI=1S/C16H11BrClN3O4S2/c17-9-2-3-11(18)10(6-9)14(22)20-15(23)21-16-19-12-4-1-8(7-27(24)25)5-13(12)26-16/h1-6,27H,7H2,(H2,19,20,21,22,23). The number of amides is 3. The lowest BCUT2D eigenvalue weighted by Crippen LogP contribution is -2.34. The number of nitrogens with zero attached hydrogens (tertiary/aromatic N) is 1. The Morgan fingerprint density at radius 2 is 1.96 bits per heavy atom. The van der Waals surface area contributed by atoms with Gasteiger partial charge in [0.15, 0.2) is 5.13 Å². The monoisotopic (exact) mass is 487 g/mol. The highest BCUT2D eigenvalue weighted by Crippen LogP contribution is 2.27. The zero-order valence-corrected chi connectivity index (χ0v) is 17.4. The molecule has 0 aliphatic rings. The van der Waals surface area contributed by atoms with Crippen molar-refractivity contribution in [2.45, 2.75) is 5.75 Å². The summed E-state index contributed by atoms with van der Waals surface area (Å²) >= 11 is 10.4. The number of halogens is 2. The number of fused-ring (bicyclic) bond motifs is 1. The fourth-order valence-corrected chi connectivity index (χ4v) is 4.22. The molecule has 2 aromatic carbocycles. The maximum absolute atomic E-state index is 12.2. The Kier molecular flexibility index (Phi) is 6.10. The van der Waals surface area contributed by atoms with Crippen LogP contribution in [0.15, 0.2) is 40.9 Å². The van der Waals surface area contributed by atoms with E-state index in [1.165, 1.54) is 17.4 Å². The number of hydrogen-bond donors (Lipinski definition) is 3. The highest BCUT2D eigenvalue weighted by atomic mass is 79.9. The summed E-state index contributed by atoms with van der Waals surface area (Å²) in [7, 11) is -2.52. The first kappa shape index (κ1) is 19.7. The Bertz CT molecular complexity index is 1120. The van der Waals surface area contributed by atoms with Crippen LogP contribution >= 0.6 is 38.9 Å². The predicted molar refractivity (Wildman–Crippen MR) is 109 cm³/mol. The predicted octanol–water partition coefficient (Wildman–Crippen LogP) is 3.79. The first-order valence-electron chi connectivity index (χ1n) is 7.40. The molecule has 140 valence electrons. The summed E-state index contributed by atoms with van der Waals surface area (Å²) in [5, 5.41) is 5.17. The lowest BCUT2D eigenvalue weighted by Gasteiger charge is -2.06. The van der Waals surface area contributed by atoms with Crippen molar-refractivity contribution in [3.8, 4) is 0 Å². The number of nitrogens with one attached hydrogen (secondary N) is 2. The van der Waals surface area contributed by atoms with Gasteiger partial charge in [-0.2, -0.15) is 0 Å². The molecule has 0 saturated heterocycles. The van der Waals surface area contributed by atoms with Gasteiger partial charge < -0.3 is 0 Å². The summed E-state index contributed by atoms with van der Waals surface area (Å²) in [4.78, 5) is 28.5. The average molecular weight is 489 g/mol. The van der Waals surface area contributed by atoms with Gasteiger partial charge in [-0.1, -0.05) is 44.9 Å². The number of rotatable bonds is 4. The minimum absolute atomic E-state index is 0.0612. The molecule has 0 spiro atoms. The number of carbonyl (C=O) groups excluding carboxylic acids is 2. The van der Waals surface area contributed by atoms with Crippen LogP contribution in [0.5, 0.6) is 0 Å². The average Bonchev–Trinajstić information content (AvgIpc) is 2.97. The Labute approximate surface area is 172 Å². The van der Waals surface area contributed by atoms with Crippen LogP contribution < -0.4 is 10.6 Å². The quantitative estimate of drug-likeness (QED) is 0.485. The lowest BCUT2D eigenvalue weighted by atomic mass is 10.2. The number of urea groups is 1. The van der Waals surface area contributed by atoms with E-state index in [1.807, 2.05) is 0 Å². The van der Waals surface area contributed by atoms with Crippen molar-refractivity contribution < 1.29 is 18.0 Å². The van der Waals surface area contributed by atoms with Crippen LogP contribution in [0, 0.1) is 0 Å². The van der Waals surface area contributed by atoms with Gasteiger partial charge in [0.1, 0.15) is 10.7 Å². The Morgan fingerprint density at radius 3 is 2.70 bits per heavy atom. The maximum Gasteiger partial charge on any atom is 0.327 e. The molecule has 3 aromatic rings. The molecule has 0 saturated carbocycles. The second-order valence-electron chi connectivity index (χ2n) is 5.34. The normalized spacial score (nSPS) is 10.9. The van der Waals surface area contributed by atoms with E-state index in [2.05, 4.69) is 31.5 Å². The first-order chi connectivity index (χ1) is 12.8. The number of benzene rings is 2. The van der Waals surface area contributed by atoms with E-state index in [-0.39, 0.29) is 21.5 Å². The van der Waals surface area contributed by atoms with Gasteiger partial charge in [0, 0.05) is 4.47 Å². The van der Waals surface area contributed by atoms with Gasteiger partial charge in [0.25, 0.3) is 5.91 Å². The zero-order chi connectivity index (χ0) is 19.6. The van der Waals surface area contributed by atoms with E-state index in [9.17, 15) is 18.0 Å². The fraction of sp³-hybridized carbons (Fsp3) is 0.0625. The summed E-state index contributed by atoms with van der Waals surface area (Å²) in [5.74, 6) is -0.713. The molecule has 0 radical (unpaired) electrons. The fourth-order valence-electron chi connectivity index (χ4n) is 2.24. The maximum atomic E-state index is 12.2. The minimum Gasteiger partial charge on any atom is -0.283 e. The van der Waals surface area contributed by atoms with E-state index in [0.717, 1.165) is 4.70 Å². The van der Waals surface area contributed by atoms with Crippen molar-refractivity contribution in [2.24, 2.45) is 0 Å². The van der Waals surface area contributed by atoms with Crippen molar-refractivity contribution >= 4 is 76.9 Å². The van der Waals surface area contributed by atoms with E-state index in [1.54, 1.807) is 30.3 Å². The first-order valence-corrected chi connectivity index (χ1v) is 10.8. The second-order valence-corrected chi connectivity index (χ2v) is 8.68. The van der Waals surface area contributed by atoms with Gasteiger partial charge in [-0.05, 0) is 35.9 Å². The minimum atomic E-state index is -2.52. The van der Waals surface area contributed by atoms with Gasteiger partial charge in [-0.3, -0.25) is 15.4 Å². The topological polar surface area (TPSA) is 105 Å². The highest BCUT2D eigenvalue weighted by molar-refractivity contribution is 9.10. The van der Waals surface area contributed by atoms with Crippen molar-refractivity contribution in [1.29, 1.82) is 0 Å². The lowest BCUT2D eigenvalue weighted by molar-refractivity contribution is 0.0967. The molecular formula is C16H11BrClN3O4S2. The van der Waals surface area contributed by atoms with E-state index < -0.39 is 22.6 Å². The molecule has 0 aliphatic heterocycles. The third-order valence-electron chi connectivity index (χ3n) is 3.39. The number of thiol groups is 1. The molecule has 2 N–H and O–H groups in total. The zero-order valence-electron chi connectivity index (χ0n) is 13.4. The van der Waals surface area contributed by atoms with Crippen LogP contribution in [0.4, 0.5) is 9.93 Å². The van der Waals surface area contributed by atoms with Gasteiger partial charge in [-0.15, -0.1) is 0 Å². The summed E-state index contributed by atoms with van der Waals surface area (Å²) < 4.78 is 23.0. The van der Waals surface area contributed by atoms with Gasteiger partial charge in [-0.25, -0.2) is 18.2 Å². The van der Waals surface area contributed by atoms with Crippen LogP contribution in [-0.2, 0) is 16.5 Å². The highest BCUT2D eigenvalue weighted by Gasteiger charge is 2.15. The number of hydrogen-bond acceptors (Lipinski definition) is 6. The van der Waals surface area contributed by atoms with Gasteiger partial charge in [0.2, 0.25) is 0 Å². The van der Waals surface area contributed by atoms with Crippen LogP contribution in [0.3, 0.4) is 0 Å². The van der Waals surface area contributed by atoms with Crippen LogP contribution in [0.2, 0.25) is 5.02 Å². The molecule has 1 aromatic heterocycles. The van der Waals surface area contributed by atoms with Gasteiger partial charge >= 0.3 is 6.03 Å². The number of thiazole rings is 1. The van der Waals surface area contributed by atoms with Gasteiger partial charge in [0.05, 0.1) is 26.6 Å². The smallest absolute Gasteiger partial charge is 0.283 e. The summed E-state index contributed by atoms with van der Waals surface area (Å²) in [6.45, 7) is 0. The Morgan fingerprint density at radius 1 is 1.19 bits per heavy atom. The number of carbonyl (C=O) groups is 2. The number of anilines is 1. The largest absolute Gasteiger partial charge is 0.327 e. The summed E-state index contributed by atoms with van der Waals surface area (Å²) in [6, 6.07) is 9.01. The second kappa shape index (κ2) is 8.34. The molecule has 11 heteroatoms. The van der Waals surface area contributed by atoms with Crippen LogP contribution in [0.1, 0.15) is 15.9 Å². The van der Waals surface area contributed by atoms with E-state index in [4.69, 9.17) is 11.6 Å². The van der Waals surface area contributed by atoms with Crippen molar-refractivity contribution in [2.75, 3.05) is 5.32 Å². The van der Waals surface area contributed by atoms with Crippen molar-refractivity contribution in [3.05, 3.63) is 57.0 Å². The molecule has 0 atom stereocenters. The van der Waals surface area contributed by atoms with Crippen LogP contribution in [-0.4, -0.2) is 25.3 Å². The van der Waals surface area contributed by atoms with Crippen molar-refractivity contribution in [3.63, 3.8) is 0 Å². The number of aromatic nitrogens is 1. The molecule has 27 heavy (non-hydrogen) atoms. The molecular weight excluding hydrogens is 478 g/mol. The summed E-state index contributed by atoms with van der Waals surface area (Å²) in [5.41, 5.74) is 1.40. The van der Waals surface area contributed by atoms with E-state index >= 15 is 0 Å². The van der Waals surface area contributed by atoms with Crippen molar-refractivity contribution in [1.82, 2.24) is 10.3 Å². The third-order valence-corrected chi connectivity index (χ3v) is 5.76. The Balaban J connectivity index is 1.72. The molecule has 0 fully saturated rings. The third kappa shape index (κ3) is 5.04. The molecule has 0 aliphatic carbocycles. The Hall–Kier alpha value is -2.01. The van der Waals surface area contributed by atoms with Crippen LogP contribution in [0.25, 0.3) is 10.2 Å². The molecule has 3 amide bonds. The molecule has 1 heterocycles. The summed E-state index contributed by atoms with van der Waals surface area (Å²) in [6.07, 6.45) is 0. The SMILES string of the molecule is O=C(NC(=O)c1cc(Br)ccc1Cl)Nc1nc2ccc(C[SH](=O)=O)cc2s1. The molecule has 7 nitrogen and oxygen atoms in total. The number of imide groups is 1. The molecule has 3 rings (SSSR count). The molecule has 0 bridgehead atoms. The van der Waals surface area contributed by atoms with E-state index in [0.29, 0.717) is 15.6 Å². The molecule has 0 unspecified atom stereocenters.